The van der Waals surface area contributed by atoms with Gasteiger partial charge in [0.15, 0.2) is 6.29 Å². The smallest absolute Gasteiger partial charge is 0.220 e. The second-order valence-corrected chi connectivity index (χ2v) is 19.0. The van der Waals surface area contributed by atoms with Gasteiger partial charge in [-0.1, -0.05) is 223 Å². The number of rotatable bonds is 46. The summed E-state index contributed by atoms with van der Waals surface area (Å²) >= 11 is 0. The van der Waals surface area contributed by atoms with Gasteiger partial charge < -0.3 is 40.3 Å². The molecule has 65 heavy (non-hydrogen) atoms. The van der Waals surface area contributed by atoms with E-state index in [1.54, 1.807) is 6.08 Å². The fourth-order valence-electron chi connectivity index (χ4n) is 8.50. The van der Waals surface area contributed by atoms with Crippen LogP contribution in [0.3, 0.4) is 0 Å². The molecular formula is C56H103NO8. The number of allylic oxidation sites excluding steroid dienone is 7. The minimum absolute atomic E-state index is 0.190. The van der Waals surface area contributed by atoms with Gasteiger partial charge >= 0.3 is 0 Å². The highest BCUT2D eigenvalue weighted by Gasteiger charge is 2.44. The molecule has 0 saturated carbocycles. The molecule has 0 spiro atoms. The van der Waals surface area contributed by atoms with Crippen molar-refractivity contribution in [3.8, 4) is 0 Å². The van der Waals surface area contributed by atoms with Crippen molar-refractivity contribution < 1.29 is 39.8 Å². The average Bonchev–Trinajstić information content (AvgIpc) is 3.31. The molecule has 380 valence electrons. The fraction of sp³-hybridized carbons (Fsp3) is 0.839. The highest BCUT2D eigenvalue weighted by molar-refractivity contribution is 5.76. The van der Waals surface area contributed by atoms with Crippen LogP contribution in [0, 0.1) is 0 Å². The highest BCUT2D eigenvalue weighted by Crippen LogP contribution is 2.23. The van der Waals surface area contributed by atoms with Crippen molar-refractivity contribution in [1.29, 1.82) is 0 Å². The Morgan fingerprint density at radius 2 is 0.923 bits per heavy atom. The molecule has 7 atom stereocenters. The minimum atomic E-state index is -1.57. The van der Waals surface area contributed by atoms with Crippen LogP contribution in [-0.4, -0.2) is 87.5 Å². The molecule has 1 fully saturated rings. The number of carbonyl (C=O) groups is 1. The molecule has 1 heterocycles. The number of amides is 1. The Morgan fingerprint density at radius 3 is 1.38 bits per heavy atom. The molecule has 9 heteroatoms. The van der Waals surface area contributed by atoms with E-state index in [-0.39, 0.29) is 12.5 Å². The molecule has 1 saturated heterocycles. The Hall–Kier alpha value is -1.85. The molecule has 0 bridgehead atoms. The minimum Gasteiger partial charge on any atom is -0.394 e. The van der Waals surface area contributed by atoms with Crippen molar-refractivity contribution in [3.05, 3.63) is 48.6 Å². The van der Waals surface area contributed by atoms with Gasteiger partial charge in [0.25, 0.3) is 0 Å². The summed E-state index contributed by atoms with van der Waals surface area (Å²) in [5.41, 5.74) is 0. The zero-order valence-corrected chi connectivity index (χ0v) is 42.0. The topological polar surface area (TPSA) is 149 Å². The summed E-state index contributed by atoms with van der Waals surface area (Å²) in [6.07, 6.45) is 53.1. The van der Waals surface area contributed by atoms with Gasteiger partial charge in [-0.25, -0.2) is 0 Å². The Bertz CT molecular complexity index is 1160. The maximum atomic E-state index is 13.0. The lowest BCUT2D eigenvalue weighted by atomic mass is 9.99. The molecule has 0 radical (unpaired) electrons. The number of carbonyl (C=O) groups excluding carboxylic acids is 1. The van der Waals surface area contributed by atoms with Crippen LogP contribution in [0.5, 0.6) is 0 Å². The molecule has 6 N–H and O–H groups in total. The predicted octanol–water partition coefficient (Wildman–Crippen LogP) is 13.0. The van der Waals surface area contributed by atoms with E-state index in [9.17, 15) is 30.3 Å². The van der Waals surface area contributed by atoms with Crippen molar-refractivity contribution in [2.45, 2.75) is 288 Å². The fourth-order valence-corrected chi connectivity index (χ4v) is 8.50. The summed E-state index contributed by atoms with van der Waals surface area (Å²) < 4.78 is 11.2. The second kappa shape index (κ2) is 45.9. The highest BCUT2D eigenvalue weighted by atomic mass is 16.7. The van der Waals surface area contributed by atoms with E-state index in [0.717, 1.165) is 44.9 Å². The van der Waals surface area contributed by atoms with Crippen LogP contribution in [0.1, 0.15) is 245 Å². The third-order valence-corrected chi connectivity index (χ3v) is 12.9. The quantitative estimate of drug-likeness (QED) is 0.0261. The van der Waals surface area contributed by atoms with Gasteiger partial charge in [-0.3, -0.25) is 4.79 Å². The van der Waals surface area contributed by atoms with Crippen molar-refractivity contribution in [2.75, 3.05) is 13.2 Å². The van der Waals surface area contributed by atoms with E-state index >= 15 is 0 Å². The first kappa shape index (κ1) is 61.2. The van der Waals surface area contributed by atoms with Gasteiger partial charge in [-0.2, -0.15) is 0 Å². The van der Waals surface area contributed by atoms with Crippen molar-refractivity contribution in [2.24, 2.45) is 0 Å². The molecule has 1 rings (SSSR count). The first-order valence-electron chi connectivity index (χ1n) is 27.4. The zero-order valence-electron chi connectivity index (χ0n) is 42.0. The van der Waals surface area contributed by atoms with E-state index in [1.807, 2.05) is 6.08 Å². The Balaban J connectivity index is 2.27. The van der Waals surface area contributed by atoms with Gasteiger partial charge in [0.1, 0.15) is 24.4 Å². The maximum Gasteiger partial charge on any atom is 0.220 e. The van der Waals surface area contributed by atoms with Crippen LogP contribution in [0.2, 0.25) is 0 Å². The predicted molar refractivity (Wildman–Crippen MR) is 272 cm³/mol. The van der Waals surface area contributed by atoms with Crippen LogP contribution in [0.25, 0.3) is 0 Å². The lowest BCUT2D eigenvalue weighted by Crippen LogP contribution is -2.60. The molecule has 0 aromatic heterocycles. The van der Waals surface area contributed by atoms with Gasteiger partial charge in [-0.15, -0.1) is 0 Å². The van der Waals surface area contributed by atoms with E-state index < -0.39 is 49.5 Å². The summed E-state index contributed by atoms with van der Waals surface area (Å²) in [5, 5.41) is 54.4. The molecule has 0 aromatic rings. The number of hydrogen-bond acceptors (Lipinski definition) is 8. The van der Waals surface area contributed by atoms with E-state index in [2.05, 4.69) is 55.6 Å². The van der Waals surface area contributed by atoms with Gasteiger partial charge in [0.05, 0.1) is 25.4 Å². The lowest BCUT2D eigenvalue weighted by Gasteiger charge is -2.40. The Kier molecular flexibility index (Phi) is 43.2. The molecule has 1 aliphatic heterocycles. The number of nitrogens with one attached hydrogen (secondary N) is 1. The monoisotopic (exact) mass is 918 g/mol. The molecule has 1 amide bonds. The summed E-state index contributed by atoms with van der Waals surface area (Å²) in [5.74, 6) is -0.190. The number of aliphatic hydroxyl groups is 5. The zero-order chi connectivity index (χ0) is 47.3. The number of ether oxygens (including phenoxy) is 2. The molecule has 9 nitrogen and oxygen atoms in total. The number of hydrogen-bond donors (Lipinski definition) is 6. The summed E-state index contributed by atoms with van der Waals surface area (Å²) in [4.78, 5) is 13.0. The van der Waals surface area contributed by atoms with Crippen molar-refractivity contribution >= 4 is 5.91 Å². The van der Waals surface area contributed by atoms with Crippen LogP contribution in [-0.2, 0) is 14.3 Å². The van der Waals surface area contributed by atoms with Crippen LogP contribution < -0.4 is 5.32 Å². The third kappa shape index (κ3) is 35.9. The molecule has 1 aliphatic rings. The molecule has 7 unspecified atom stereocenters. The molecule has 0 aromatic carbocycles. The van der Waals surface area contributed by atoms with Crippen molar-refractivity contribution in [3.63, 3.8) is 0 Å². The lowest BCUT2D eigenvalue weighted by molar-refractivity contribution is -0.302. The molecule has 0 aliphatic carbocycles. The van der Waals surface area contributed by atoms with Gasteiger partial charge in [0, 0.05) is 6.42 Å². The van der Waals surface area contributed by atoms with Crippen LogP contribution >= 0.6 is 0 Å². The Labute approximate surface area is 399 Å². The van der Waals surface area contributed by atoms with E-state index in [1.165, 1.54) is 180 Å². The summed E-state index contributed by atoms with van der Waals surface area (Å²) in [6, 6.07) is -0.825. The maximum absolute atomic E-state index is 13.0. The third-order valence-electron chi connectivity index (χ3n) is 12.9. The van der Waals surface area contributed by atoms with Crippen LogP contribution in [0.4, 0.5) is 0 Å². The Morgan fingerprint density at radius 1 is 0.523 bits per heavy atom. The SMILES string of the molecule is CCCCCCCCCCC/C=C\C/C=C\CCCCCCCCCCCC(=O)NC(COC1OC(CO)C(O)C(O)C1O)C(O)/C=C/CC/C=C/CCCCCCCCCCCCC. The first-order chi connectivity index (χ1) is 31.8. The second-order valence-electron chi connectivity index (χ2n) is 19.0. The van der Waals surface area contributed by atoms with Gasteiger partial charge in [-0.05, 0) is 64.2 Å². The first-order valence-corrected chi connectivity index (χ1v) is 27.4. The van der Waals surface area contributed by atoms with Crippen LogP contribution in [0.15, 0.2) is 48.6 Å². The molecular weight excluding hydrogens is 815 g/mol. The van der Waals surface area contributed by atoms with E-state index in [4.69, 9.17) is 9.47 Å². The van der Waals surface area contributed by atoms with E-state index in [0.29, 0.717) is 6.42 Å². The number of unbranched alkanes of at least 4 members (excludes halogenated alkanes) is 30. The standard InChI is InChI=1S/C56H103NO8/c1-3-5-7-9-11-13-15-17-19-21-22-23-24-25-26-27-28-30-32-34-36-38-40-42-44-46-52(60)57-49(48-64-56-55(63)54(62)53(61)51(47-58)65-56)50(59)45-43-41-39-37-35-33-31-29-20-18-16-14-12-10-8-6-4-2/h22-23,25-26,35,37,43,45,49-51,53-56,58-59,61-63H,3-21,24,27-34,36,38-42,44,46-48H2,1-2H3,(H,57,60)/b23-22-,26-25-,37-35+,45-43+. The summed E-state index contributed by atoms with van der Waals surface area (Å²) in [7, 11) is 0. The number of aliphatic hydroxyl groups excluding tert-OH is 5. The van der Waals surface area contributed by atoms with Gasteiger partial charge in [0.2, 0.25) is 5.91 Å². The largest absolute Gasteiger partial charge is 0.394 e. The van der Waals surface area contributed by atoms with Crippen molar-refractivity contribution in [1.82, 2.24) is 5.32 Å². The summed E-state index contributed by atoms with van der Waals surface area (Å²) in [6.45, 7) is 3.77. The normalized spacial score (nSPS) is 20.3. The average molecular weight is 918 g/mol.